The Morgan fingerprint density at radius 3 is 3.00 bits per heavy atom. The van der Waals surface area contributed by atoms with E-state index in [1.807, 2.05) is 18.4 Å². The summed E-state index contributed by atoms with van der Waals surface area (Å²) >= 11 is 1.64. The predicted octanol–water partition coefficient (Wildman–Crippen LogP) is 2.67. The number of ether oxygens (including phenoxy) is 1. The van der Waals surface area contributed by atoms with E-state index in [0.29, 0.717) is 24.6 Å². The van der Waals surface area contributed by atoms with Crippen molar-refractivity contribution in [2.75, 3.05) is 18.0 Å². The third kappa shape index (κ3) is 2.61. The molecule has 0 saturated carbocycles. The molecule has 124 valence electrons. The molecule has 1 aliphatic rings. The Bertz CT molecular complexity index is 879. The fourth-order valence-corrected chi connectivity index (χ4v) is 3.63. The van der Waals surface area contributed by atoms with E-state index in [2.05, 4.69) is 26.4 Å². The van der Waals surface area contributed by atoms with Crippen molar-refractivity contribution in [2.45, 2.75) is 19.1 Å². The van der Waals surface area contributed by atoms with Crippen LogP contribution in [0.3, 0.4) is 0 Å². The number of rotatable bonds is 3. The van der Waals surface area contributed by atoms with Gasteiger partial charge in [-0.2, -0.15) is 11.3 Å². The molecule has 0 radical (unpaired) electrons. The van der Waals surface area contributed by atoms with E-state index >= 15 is 0 Å². The summed E-state index contributed by atoms with van der Waals surface area (Å²) in [5.74, 6) is 0.543. The Labute approximate surface area is 141 Å². The maximum Gasteiger partial charge on any atom is 0.368 e. The van der Waals surface area contributed by atoms with Gasteiger partial charge in [-0.3, -0.25) is 0 Å². The largest absolute Gasteiger partial charge is 0.368 e. The van der Waals surface area contributed by atoms with Crippen LogP contribution < -0.4 is 4.90 Å². The van der Waals surface area contributed by atoms with Crippen molar-refractivity contribution in [2.24, 2.45) is 0 Å². The standard InChI is InChI=1S/C15H15N5O3S/c1-10-7-18(8-12(23-10)11-4-5-24-9-11)14-3-2-13-16-6-15(20(21)22)19(13)17-14/h2-6,9-10,12H,7-8H2,1H3. The zero-order chi connectivity index (χ0) is 16.7. The topological polar surface area (TPSA) is 85.8 Å². The van der Waals surface area contributed by atoms with Gasteiger partial charge in [0, 0.05) is 12.6 Å². The minimum absolute atomic E-state index is 0.0322. The Morgan fingerprint density at radius 1 is 1.38 bits per heavy atom. The summed E-state index contributed by atoms with van der Waals surface area (Å²) < 4.78 is 7.30. The summed E-state index contributed by atoms with van der Waals surface area (Å²) in [4.78, 5) is 16.7. The molecule has 0 bridgehead atoms. The number of hydrogen-bond acceptors (Lipinski definition) is 7. The number of nitrogens with zero attached hydrogens (tertiary/aromatic N) is 5. The average molecular weight is 345 g/mol. The minimum atomic E-state index is -0.479. The van der Waals surface area contributed by atoms with Gasteiger partial charge in [0.05, 0.1) is 12.6 Å². The molecule has 0 aromatic carbocycles. The lowest BCUT2D eigenvalue weighted by Crippen LogP contribution is -2.43. The molecule has 2 atom stereocenters. The molecule has 24 heavy (non-hydrogen) atoms. The lowest BCUT2D eigenvalue weighted by Gasteiger charge is -2.36. The SMILES string of the molecule is CC1CN(c2ccc3ncc([N+](=O)[O-])n3n2)CC(c2ccsc2)O1. The van der Waals surface area contributed by atoms with Crippen LogP contribution in [0.5, 0.6) is 0 Å². The van der Waals surface area contributed by atoms with Crippen LogP contribution in [-0.2, 0) is 4.74 Å². The van der Waals surface area contributed by atoms with Crippen molar-refractivity contribution < 1.29 is 9.66 Å². The molecule has 0 amide bonds. The number of morpholine rings is 1. The number of thiophene rings is 1. The van der Waals surface area contributed by atoms with Gasteiger partial charge in [0.15, 0.2) is 5.82 Å². The second-order valence-electron chi connectivity index (χ2n) is 5.73. The first kappa shape index (κ1) is 15.0. The van der Waals surface area contributed by atoms with Crippen LogP contribution in [-0.4, -0.2) is 38.7 Å². The number of fused-ring (bicyclic) bond motifs is 1. The van der Waals surface area contributed by atoms with Gasteiger partial charge in [0.1, 0.15) is 12.3 Å². The molecule has 8 nitrogen and oxygen atoms in total. The third-order valence-corrected chi connectivity index (χ3v) is 4.72. The highest BCUT2D eigenvalue weighted by Gasteiger charge is 2.29. The van der Waals surface area contributed by atoms with Crippen LogP contribution in [0, 0.1) is 10.1 Å². The molecule has 0 aliphatic carbocycles. The monoisotopic (exact) mass is 345 g/mol. The number of anilines is 1. The molecular weight excluding hydrogens is 330 g/mol. The summed E-state index contributed by atoms with van der Waals surface area (Å²) in [6.07, 6.45) is 1.23. The van der Waals surface area contributed by atoms with E-state index in [9.17, 15) is 10.1 Å². The smallest absolute Gasteiger partial charge is 0.367 e. The van der Waals surface area contributed by atoms with Gasteiger partial charge >= 0.3 is 5.82 Å². The highest BCUT2D eigenvalue weighted by molar-refractivity contribution is 7.07. The molecular formula is C15H15N5O3S. The van der Waals surface area contributed by atoms with Crippen molar-refractivity contribution >= 4 is 28.6 Å². The van der Waals surface area contributed by atoms with Crippen molar-refractivity contribution in [1.82, 2.24) is 14.6 Å². The molecule has 2 unspecified atom stereocenters. The average Bonchev–Trinajstić information content (AvgIpc) is 3.23. The van der Waals surface area contributed by atoms with E-state index in [1.54, 1.807) is 17.4 Å². The Kier molecular flexibility index (Phi) is 3.66. The molecule has 1 fully saturated rings. The minimum Gasteiger partial charge on any atom is -0.367 e. The molecule has 4 heterocycles. The normalized spacial score (nSPS) is 21.3. The van der Waals surface area contributed by atoms with Crippen molar-refractivity contribution in [3.63, 3.8) is 0 Å². The Morgan fingerprint density at radius 2 is 2.25 bits per heavy atom. The van der Waals surface area contributed by atoms with E-state index < -0.39 is 4.92 Å². The first-order valence-electron chi connectivity index (χ1n) is 7.53. The lowest BCUT2D eigenvalue weighted by molar-refractivity contribution is -0.391. The van der Waals surface area contributed by atoms with Crippen LogP contribution in [0.2, 0.25) is 0 Å². The number of hydrogen-bond donors (Lipinski definition) is 0. The summed E-state index contributed by atoms with van der Waals surface area (Å²) in [5, 5.41) is 19.6. The van der Waals surface area contributed by atoms with Gasteiger partial charge < -0.3 is 19.8 Å². The van der Waals surface area contributed by atoms with Crippen LogP contribution in [0.15, 0.2) is 35.2 Å². The maximum absolute atomic E-state index is 11.1. The van der Waals surface area contributed by atoms with Crippen LogP contribution in [0.25, 0.3) is 5.65 Å². The zero-order valence-electron chi connectivity index (χ0n) is 12.9. The third-order valence-electron chi connectivity index (χ3n) is 4.02. The lowest BCUT2D eigenvalue weighted by atomic mass is 10.1. The quantitative estimate of drug-likeness (QED) is 0.536. The number of nitro groups is 1. The molecule has 4 rings (SSSR count). The van der Waals surface area contributed by atoms with E-state index in [0.717, 1.165) is 5.56 Å². The zero-order valence-corrected chi connectivity index (χ0v) is 13.7. The maximum atomic E-state index is 11.1. The van der Waals surface area contributed by atoms with Crippen molar-refractivity contribution in [3.05, 3.63) is 50.8 Å². The summed E-state index contributed by atoms with van der Waals surface area (Å²) in [5.41, 5.74) is 1.60. The molecule has 3 aromatic rings. The highest BCUT2D eigenvalue weighted by Crippen LogP contribution is 2.29. The van der Waals surface area contributed by atoms with Crippen LogP contribution in [0.1, 0.15) is 18.6 Å². The van der Waals surface area contributed by atoms with E-state index in [1.165, 1.54) is 10.7 Å². The Balaban J connectivity index is 1.68. The molecule has 1 aliphatic heterocycles. The molecule has 1 saturated heterocycles. The second kappa shape index (κ2) is 5.84. The summed E-state index contributed by atoms with van der Waals surface area (Å²) in [6, 6.07) is 5.65. The summed E-state index contributed by atoms with van der Waals surface area (Å²) in [7, 11) is 0. The molecule has 0 spiro atoms. The first-order chi connectivity index (χ1) is 11.6. The summed E-state index contributed by atoms with van der Waals surface area (Å²) in [6.45, 7) is 3.35. The fourth-order valence-electron chi connectivity index (χ4n) is 2.93. The van der Waals surface area contributed by atoms with Crippen LogP contribution in [0.4, 0.5) is 11.6 Å². The molecule has 9 heteroatoms. The number of aromatic nitrogens is 3. The molecule has 3 aromatic heterocycles. The van der Waals surface area contributed by atoms with Gasteiger partial charge in [0.25, 0.3) is 0 Å². The van der Waals surface area contributed by atoms with E-state index in [4.69, 9.17) is 4.74 Å². The van der Waals surface area contributed by atoms with Crippen molar-refractivity contribution in [3.8, 4) is 0 Å². The second-order valence-corrected chi connectivity index (χ2v) is 6.51. The van der Waals surface area contributed by atoms with Crippen LogP contribution >= 0.6 is 11.3 Å². The predicted molar refractivity (Wildman–Crippen MR) is 89.5 cm³/mol. The van der Waals surface area contributed by atoms with Gasteiger partial charge in [-0.15, -0.1) is 0 Å². The van der Waals surface area contributed by atoms with Gasteiger partial charge in [-0.25, -0.2) is 4.98 Å². The van der Waals surface area contributed by atoms with Gasteiger partial charge in [-0.05, 0) is 40.3 Å². The van der Waals surface area contributed by atoms with Gasteiger partial charge in [0.2, 0.25) is 5.65 Å². The van der Waals surface area contributed by atoms with Gasteiger partial charge in [-0.1, -0.05) is 9.61 Å². The fraction of sp³-hybridized carbons (Fsp3) is 0.333. The Hall–Kier alpha value is -2.52. The first-order valence-corrected chi connectivity index (χ1v) is 8.48. The van der Waals surface area contributed by atoms with Crippen molar-refractivity contribution in [1.29, 1.82) is 0 Å². The number of imidazole rings is 1. The highest BCUT2D eigenvalue weighted by atomic mass is 32.1. The van der Waals surface area contributed by atoms with E-state index in [-0.39, 0.29) is 18.0 Å². The molecule has 0 N–H and O–H groups in total.